The number of thioether (sulfide) groups is 1. The predicted octanol–water partition coefficient (Wildman–Crippen LogP) is 2.74. The molecule has 0 aliphatic rings. The first-order valence-electron chi connectivity index (χ1n) is 4.63. The number of nitrogens with zero attached hydrogens (tertiary/aromatic N) is 2. The van der Waals surface area contributed by atoms with E-state index in [2.05, 4.69) is 26.8 Å². The van der Waals surface area contributed by atoms with Gasteiger partial charge in [0.2, 0.25) is 0 Å². The molecule has 0 atom stereocenters. The van der Waals surface area contributed by atoms with Crippen molar-refractivity contribution in [3.05, 3.63) is 36.7 Å². The Bertz CT molecular complexity index is 375. The first-order chi connectivity index (χ1) is 7.45. The molecule has 0 bridgehead atoms. The van der Waals surface area contributed by atoms with Gasteiger partial charge in [-0.3, -0.25) is 0 Å². The van der Waals surface area contributed by atoms with Crippen molar-refractivity contribution in [3.8, 4) is 0 Å². The van der Waals surface area contributed by atoms with Crippen LogP contribution >= 0.6 is 23.3 Å². The zero-order chi connectivity index (χ0) is 10.3. The molecule has 0 amide bonds. The summed E-state index contributed by atoms with van der Waals surface area (Å²) in [7, 11) is 0. The molecule has 2 aromatic rings. The first kappa shape index (κ1) is 10.4. The summed E-state index contributed by atoms with van der Waals surface area (Å²) in [6.07, 6.45) is 1.59. The second-order valence-corrected chi connectivity index (χ2v) is 4.97. The number of anilines is 1. The maximum Gasteiger partial charge on any atom is 0.169 e. The summed E-state index contributed by atoms with van der Waals surface area (Å²) in [5.74, 6) is 1.00. The van der Waals surface area contributed by atoms with Gasteiger partial charge in [0, 0.05) is 18.0 Å². The van der Waals surface area contributed by atoms with Crippen molar-refractivity contribution in [2.45, 2.75) is 4.34 Å². The van der Waals surface area contributed by atoms with Crippen molar-refractivity contribution in [3.63, 3.8) is 0 Å². The van der Waals surface area contributed by atoms with Crippen LogP contribution in [-0.4, -0.2) is 21.7 Å². The fourth-order valence-corrected chi connectivity index (χ4v) is 2.49. The van der Waals surface area contributed by atoms with Crippen LogP contribution in [0.5, 0.6) is 0 Å². The Balaban J connectivity index is 1.68. The highest BCUT2D eigenvalue weighted by Crippen LogP contribution is 2.17. The number of benzene rings is 1. The van der Waals surface area contributed by atoms with E-state index in [-0.39, 0.29) is 0 Å². The standard InChI is InChI=1S/C10H11N3S2/c1-2-4-9(5-3-1)11-6-7-14-10-12-8-13-15-10/h1-5,8,11H,6-7H2. The Kier molecular flexibility index (Phi) is 3.99. The smallest absolute Gasteiger partial charge is 0.169 e. The molecule has 1 aromatic heterocycles. The van der Waals surface area contributed by atoms with Gasteiger partial charge in [0.15, 0.2) is 4.34 Å². The molecule has 0 aliphatic carbocycles. The Morgan fingerprint density at radius 2 is 2.13 bits per heavy atom. The van der Waals surface area contributed by atoms with E-state index in [0.717, 1.165) is 22.3 Å². The van der Waals surface area contributed by atoms with Crippen molar-refractivity contribution in [2.75, 3.05) is 17.6 Å². The number of para-hydroxylation sites is 1. The molecule has 3 nitrogen and oxygen atoms in total. The Hall–Kier alpha value is -1.07. The van der Waals surface area contributed by atoms with Gasteiger partial charge < -0.3 is 5.32 Å². The van der Waals surface area contributed by atoms with E-state index in [4.69, 9.17) is 0 Å². The summed E-state index contributed by atoms with van der Waals surface area (Å²) < 4.78 is 4.98. The monoisotopic (exact) mass is 237 g/mol. The Morgan fingerprint density at radius 3 is 2.87 bits per heavy atom. The van der Waals surface area contributed by atoms with Gasteiger partial charge >= 0.3 is 0 Å². The number of hydrogen-bond acceptors (Lipinski definition) is 5. The second-order valence-electron chi connectivity index (χ2n) is 2.85. The first-order valence-corrected chi connectivity index (χ1v) is 6.39. The van der Waals surface area contributed by atoms with Gasteiger partial charge in [-0.1, -0.05) is 30.0 Å². The van der Waals surface area contributed by atoms with Crippen LogP contribution in [0.4, 0.5) is 5.69 Å². The molecule has 0 fully saturated rings. The molecule has 0 spiro atoms. The zero-order valence-corrected chi connectivity index (χ0v) is 9.72. The third-order valence-corrected chi connectivity index (χ3v) is 3.57. The normalized spacial score (nSPS) is 10.1. The topological polar surface area (TPSA) is 37.8 Å². The van der Waals surface area contributed by atoms with Crippen molar-refractivity contribution in [2.24, 2.45) is 0 Å². The van der Waals surface area contributed by atoms with Crippen LogP contribution in [0.1, 0.15) is 0 Å². The largest absolute Gasteiger partial charge is 0.384 e. The summed E-state index contributed by atoms with van der Waals surface area (Å²) in [5, 5.41) is 3.34. The van der Waals surface area contributed by atoms with Gasteiger partial charge in [-0.2, -0.15) is 4.37 Å². The van der Waals surface area contributed by atoms with Crippen LogP contribution in [0.3, 0.4) is 0 Å². The Morgan fingerprint density at radius 1 is 1.27 bits per heavy atom. The lowest BCUT2D eigenvalue weighted by Crippen LogP contribution is -2.03. The van der Waals surface area contributed by atoms with Gasteiger partial charge in [-0.15, -0.1) is 0 Å². The highest BCUT2D eigenvalue weighted by molar-refractivity contribution is 8.00. The summed E-state index contributed by atoms with van der Waals surface area (Å²) in [6, 6.07) is 10.2. The van der Waals surface area contributed by atoms with E-state index in [1.165, 1.54) is 11.5 Å². The van der Waals surface area contributed by atoms with E-state index in [0.29, 0.717) is 0 Å². The van der Waals surface area contributed by atoms with Gasteiger partial charge in [0.25, 0.3) is 0 Å². The molecule has 1 N–H and O–H groups in total. The maximum atomic E-state index is 4.10. The third-order valence-electron chi connectivity index (χ3n) is 1.77. The van der Waals surface area contributed by atoms with Crippen LogP contribution in [0.15, 0.2) is 41.0 Å². The molecule has 0 radical (unpaired) electrons. The SMILES string of the molecule is c1ccc(NCCSc2ncns2)cc1. The summed E-state index contributed by atoms with van der Waals surface area (Å²) >= 11 is 3.17. The lowest BCUT2D eigenvalue weighted by molar-refractivity contribution is 1.19. The lowest BCUT2D eigenvalue weighted by atomic mass is 10.3. The maximum absolute atomic E-state index is 4.10. The van der Waals surface area contributed by atoms with Crippen LogP contribution < -0.4 is 5.32 Å². The molecule has 5 heteroatoms. The summed E-state index contributed by atoms with van der Waals surface area (Å²) in [5.41, 5.74) is 1.16. The van der Waals surface area contributed by atoms with Crippen molar-refractivity contribution < 1.29 is 0 Å². The molecule has 1 aromatic carbocycles. The fourth-order valence-electron chi connectivity index (χ4n) is 1.12. The minimum absolute atomic E-state index is 0.939. The molecule has 0 unspecified atom stereocenters. The molecular formula is C10H11N3S2. The van der Waals surface area contributed by atoms with Gasteiger partial charge in [-0.25, -0.2) is 4.98 Å². The van der Waals surface area contributed by atoms with E-state index in [9.17, 15) is 0 Å². The molecule has 1 heterocycles. The zero-order valence-electron chi connectivity index (χ0n) is 8.09. The number of hydrogen-bond donors (Lipinski definition) is 1. The fraction of sp³-hybridized carbons (Fsp3) is 0.200. The minimum Gasteiger partial charge on any atom is -0.384 e. The quantitative estimate of drug-likeness (QED) is 0.641. The van der Waals surface area contributed by atoms with Crippen LogP contribution in [0, 0.1) is 0 Å². The predicted molar refractivity (Wildman–Crippen MR) is 65.6 cm³/mol. The second kappa shape index (κ2) is 5.72. The third kappa shape index (κ3) is 3.53. The number of rotatable bonds is 5. The van der Waals surface area contributed by atoms with E-state index < -0.39 is 0 Å². The molecule has 78 valence electrons. The average molecular weight is 237 g/mol. The molecule has 0 saturated heterocycles. The summed E-state index contributed by atoms with van der Waals surface area (Å²) in [6.45, 7) is 0.939. The van der Waals surface area contributed by atoms with E-state index in [1.807, 2.05) is 18.2 Å². The molecule has 15 heavy (non-hydrogen) atoms. The van der Waals surface area contributed by atoms with Crippen molar-refractivity contribution in [1.29, 1.82) is 0 Å². The molecule has 0 aliphatic heterocycles. The highest BCUT2D eigenvalue weighted by Gasteiger charge is 1.96. The van der Waals surface area contributed by atoms with Crippen LogP contribution in [0.2, 0.25) is 0 Å². The summed E-state index contributed by atoms with van der Waals surface area (Å²) in [4.78, 5) is 4.10. The minimum atomic E-state index is 0.939. The number of aromatic nitrogens is 2. The van der Waals surface area contributed by atoms with Crippen molar-refractivity contribution in [1.82, 2.24) is 9.36 Å². The van der Waals surface area contributed by atoms with Gasteiger partial charge in [0.05, 0.1) is 0 Å². The Labute approximate surface area is 97.1 Å². The lowest BCUT2D eigenvalue weighted by Gasteiger charge is -2.03. The molecule has 0 saturated carbocycles. The molecular weight excluding hydrogens is 226 g/mol. The highest BCUT2D eigenvalue weighted by atomic mass is 32.2. The number of nitrogens with one attached hydrogen (secondary N) is 1. The van der Waals surface area contributed by atoms with Crippen molar-refractivity contribution >= 4 is 29.0 Å². The average Bonchev–Trinajstić information content (AvgIpc) is 2.79. The van der Waals surface area contributed by atoms with Crippen LogP contribution in [-0.2, 0) is 0 Å². The van der Waals surface area contributed by atoms with Gasteiger partial charge in [-0.05, 0) is 23.7 Å². The van der Waals surface area contributed by atoms with Gasteiger partial charge in [0.1, 0.15) is 6.33 Å². The van der Waals surface area contributed by atoms with Crippen LogP contribution in [0.25, 0.3) is 0 Å². The molecule has 2 rings (SSSR count). The van der Waals surface area contributed by atoms with E-state index >= 15 is 0 Å². The van der Waals surface area contributed by atoms with E-state index in [1.54, 1.807) is 18.1 Å².